The molecular weight excluding hydrogens is 472 g/mol. The first-order valence-electron chi connectivity index (χ1n) is 10.6. The second-order valence-electron chi connectivity index (χ2n) is 8.05. The number of ether oxygens (including phenoxy) is 1. The number of hydrogen-bond donors (Lipinski definition) is 1. The van der Waals surface area contributed by atoms with Gasteiger partial charge in [0.25, 0.3) is 0 Å². The summed E-state index contributed by atoms with van der Waals surface area (Å²) in [6, 6.07) is 6.02. The summed E-state index contributed by atoms with van der Waals surface area (Å²) in [5.41, 5.74) is 1.42. The van der Waals surface area contributed by atoms with Gasteiger partial charge in [-0.2, -0.15) is 4.31 Å². The molecule has 1 atom stereocenters. The number of carbonyl (C=O) groups excluding carboxylic acids is 2. The van der Waals surface area contributed by atoms with E-state index in [1.807, 2.05) is 0 Å². The number of rotatable bonds is 5. The lowest BCUT2D eigenvalue weighted by Gasteiger charge is -2.31. The van der Waals surface area contributed by atoms with E-state index >= 15 is 0 Å². The molecule has 0 spiro atoms. The Morgan fingerprint density at radius 2 is 1.88 bits per heavy atom. The number of methoxy groups -OCH3 is 1. The molecule has 1 amide bonds. The van der Waals surface area contributed by atoms with Crippen LogP contribution in [-0.2, 0) is 32.4 Å². The molecule has 2 aromatic rings. The van der Waals surface area contributed by atoms with E-state index in [0.29, 0.717) is 35.0 Å². The number of fused-ring (bicyclic) bond motifs is 1. The van der Waals surface area contributed by atoms with Crippen LogP contribution in [0.3, 0.4) is 0 Å². The number of sulfonamides is 1. The molecule has 0 radical (unpaired) electrons. The molecule has 2 heterocycles. The van der Waals surface area contributed by atoms with E-state index in [9.17, 15) is 18.0 Å². The van der Waals surface area contributed by atoms with Crippen molar-refractivity contribution in [3.63, 3.8) is 0 Å². The van der Waals surface area contributed by atoms with E-state index in [2.05, 4.69) is 5.32 Å². The molecule has 1 fully saturated rings. The first-order chi connectivity index (χ1) is 15.3. The van der Waals surface area contributed by atoms with Crippen LogP contribution in [0.2, 0.25) is 5.02 Å². The van der Waals surface area contributed by atoms with Crippen molar-refractivity contribution in [3.8, 4) is 0 Å². The van der Waals surface area contributed by atoms with Crippen LogP contribution in [0.1, 0.15) is 46.5 Å². The molecule has 0 unspecified atom stereocenters. The lowest BCUT2D eigenvalue weighted by atomic mass is 9.95. The van der Waals surface area contributed by atoms with Crippen LogP contribution in [0.5, 0.6) is 0 Å². The molecule has 1 aromatic heterocycles. The molecule has 1 aliphatic carbocycles. The largest absolute Gasteiger partial charge is 0.465 e. The van der Waals surface area contributed by atoms with Crippen molar-refractivity contribution in [2.24, 2.45) is 5.92 Å². The average molecular weight is 497 g/mol. The van der Waals surface area contributed by atoms with E-state index in [0.717, 1.165) is 36.1 Å². The molecule has 32 heavy (non-hydrogen) atoms. The number of nitrogens with zero attached hydrogens (tertiary/aromatic N) is 1. The third-order valence-electron chi connectivity index (χ3n) is 6.00. The Morgan fingerprint density at radius 1 is 1.16 bits per heavy atom. The quantitative estimate of drug-likeness (QED) is 0.629. The predicted molar refractivity (Wildman–Crippen MR) is 124 cm³/mol. The first kappa shape index (κ1) is 23.2. The summed E-state index contributed by atoms with van der Waals surface area (Å²) in [4.78, 5) is 26.8. The van der Waals surface area contributed by atoms with Gasteiger partial charge in [0.15, 0.2) is 0 Å². The summed E-state index contributed by atoms with van der Waals surface area (Å²) < 4.78 is 32.4. The smallest absolute Gasteiger partial charge is 0.341 e. The minimum absolute atomic E-state index is 0.0927. The maximum absolute atomic E-state index is 13.1. The zero-order valence-corrected chi connectivity index (χ0v) is 20.1. The van der Waals surface area contributed by atoms with Gasteiger partial charge in [-0.05, 0) is 68.4 Å². The van der Waals surface area contributed by atoms with Crippen LogP contribution in [0.25, 0.3) is 0 Å². The highest BCUT2D eigenvalue weighted by Crippen LogP contribution is 2.39. The molecule has 4 rings (SSSR count). The molecule has 0 saturated carbocycles. The molecule has 0 bridgehead atoms. The number of carbonyl (C=O) groups is 2. The SMILES string of the molecule is COC(=O)c1c(NC(=O)[C@H]2CCCN(S(=O)(=O)c3ccc(Cl)cc3)C2)sc2c1CCCC2. The number of thiophene rings is 1. The Bertz CT molecular complexity index is 1130. The summed E-state index contributed by atoms with van der Waals surface area (Å²) in [6.45, 7) is 0.449. The number of esters is 1. The Morgan fingerprint density at radius 3 is 2.59 bits per heavy atom. The molecule has 172 valence electrons. The standard InChI is InChI=1S/C22H25ClN2O5S2/c1-30-22(27)19-17-6-2-3-7-18(17)31-21(19)24-20(26)14-5-4-12-25(13-14)32(28,29)16-10-8-15(23)9-11-16/h8-11,14H,2-7,12-13H2,1H3,(H,24,26)/t14-/m0/s1. The Balaban J connectivity index is 1.53. The van der Waals surface area contributed by atoms with Gasteiger partial charge in [-0.25, -0.2) is 13.2 Å². The van der Waals surface area contributed by atoms with E-state index in [-0.39, 0.29) is 17.3 Å². The maximum Gasteiger partial charge on any atom is 0.341 e. The number of aryl methyl sites for hydroxylation is 1. The molecular formula is C22H25ClN2O5S2. The fourth-order valence-electron chi connectivity index (χ4n) is 4.32. The minimum Gasteiger partial charge on any atom is -0.465 e. The van der Waals surface area contributed by atoms with Crippen molar-refractivity contribution in [1.82, 2.24) is 4.31 Å². The normalized spacial score (nSPS) is 19.2. The topological polar surface area (TPSA) is 92.8 Å². The van der Waals surface area contributed by atoms with Crippen LogP contribution in [-0.4, -0.2) is 44.8 Å². The molecule has 1 saturated heterocycles. The van der Waals surface area contributed by atoms with Crippen molar-refractivity contribution in [1.29, 1.82) is 0 Å². The van der Waals surface area contributed by atoms with Crippen LogP contribution >= 0.6 is 22.9 Å². The van der Waals surface area contributed by atoms with Gasteiger partial charge in [0.05, 0.1) is 23.5 Å². The van der Waals surface area contributed by atoms with E-state index in [1.165, 1.54) is 47.0 Å². The number of anilines is 1. The second-order valence-corrected chi connectivity index (χ2v) is 11.5. The van der Waals surface area contributed by atoms with Gasteiger partial charge in [-0.1, -0.05) is 11.6 Å². The molecule has 7 nitrogen and oxygen atoms in total. The highest BCUT2D eigenvalue weighted by atomic mass is 35.5. The monoisotopic (exact) mass is 496 g/mol. The second kappa shape index (κ2) is 9.51. The number of piperidine rings is 1. The Hall–Kier alpha value is -1.94. The lowest BCUT2D eigenvalue weighted by Crippen LogP contribution is -2.43. The van der Waals surface area contributed by atoms with Crippen molar-refractivity contribution >= 4 is 49.8 Å². The Labute approximate surface area is 196 Å². The van der Waals surface area contributed by atoms with Gasteiger partial charge in [0, 0.05) is 23.0 Å². The molecule has 1 aliphatic heterocycles. The van der Waals surface area contributed by atoms with Gasteiger partial charge in [-0.15, -0.1) is 11.3 Å². The van der Waals surface area contributed by atoms with Crippen LogP contribution < -0.4 is 5.32 Å². The molecule has 1 aromatic carbocycles. The summed E-state index contributed by atoms with van der Waals surface area (Å²) in [5, 5.41) is 3.88. The number of amides is 1. The van der Waals surface area contributed by atoms with Crippen molar-refractivity contribution in [2.45, 2.75) is 43.4 Å². The molecule has 1 N–H and O–H groups in total. The van der Waals surface area contributed by atoms with E-state index in [4.69, 9.17) is 16.3 Å². The fourth-order valence-corrected chi connectivity index (χ4v) is 7.25. The zero-order chi connectivity index (χ0) is 22.9. The van der Waals surface area contributed by atoms with Gasteiger partial charge in [-0.3, -0.25) is 4.79 Å². The number of hydrogen-bond acceptors (Lipinski definition) is 6. The highest BCUT2D eigenvalue weighted by molar-refractivity contribution is 7.89. The zero-order valence-electron chi connectivity index (χ0n) is 17.7. The molecule has 10 heteroatoms. The fraction of sp³-hybridized carbons (Fsp3) is 0.455. The first-order valence-corrected chi connectivity index (χ1v) is 13.2. The van der Waals surface area contributed by atoms with Crippen LogP contribution in [0, 0.1) is 5.92 Å². The van der Waals surface area contributed by atoms with Gasteiger partial charge >= 0.3 is 5.97 Å². The van der Waals surface area contributed by atoms with E-state index < -0.39 is 21.9 Å². The lowest BCUT2D eigenvalue weighted by molar-refractivity contribution is -0.120. The average Bonchev–Trinajstić information content (AvgIpc) is 3.16. The third kappa shape index (κ3) is 4.57. The third-order valence-corrected chi connectivity index (χ3v) is 9.34. The van der Waals surface area contributed by atoms with Crippen LogP contribution in [0.4, 0.5) is 5.00 Å². The highest BCUT2D eigenvalue weighted by Gasteiger charge is 2.34. The predicted octanol–water partition coefficient (Wildman–Crippen LogP) is 4.11. The van der Waals surface area contributed by atoms with Crippen molar-refractivity contribution in [3.05, 3.63) is 45.3 Å². The van der Waals surface area contributed by atoms with Crippen LogP contribution in [0.15, 0.2) is 29.2 Å². The minimum atomic E-state index is -3.72. The van der Waals surface area contributed by atoms with E-state index in [1.54, 1.807) is 0 Å². The van der Waals surface area contributed by atoms with Gasteiger partial charge in [0.2, 0.25) is 15.9 Å². The van der Waals surface area contributed by atoms with Crippen molar-refractivity contribution in [2.75, 3.05) is 25.5 Å². The summed E-state index contributed by atoms with van der Waals surface area (Å²) >= 11 is 7.30. The van der Waals surface area contributed by atoms with Gasteiger partial charge in [0.1, 0.15) is 5.00 Å². The number of nitrogens with one attached hydrogen (secondary N) is 1. The summed E-state index contributed by atoms with van der Waals surface area (Å²) in [6.07, 6.45) is 4.90. The van der Waals surface area contributed by atoms with Gasteiger partial charge < -0.3 is 10.1 Å². The summed E-state index contributed by atoms with van der Waals surface area (Å²) in [5.74, 6) is -1.23. The number of benzene rings is 1. The Kier molecular flexibility index (Phi) is 6.90. The summed E-state index contributed by atoms with van der Waals surface area (Å²) in [7, 11) is -2.39. The van der Waals surface area contributed by atoms with Crippen molar-refractivity contribution < 1.29 is 22.7 Å². The maximum atomic E-state index is 13.1. The molecule has 2 aliphatic rings. The number of halogens is 1.